The van der Waals surface area contributed by atoms with Gasteiger partial charge in [0.2, 0.25) is 0 Å². The summed E-state index contributed by atoms with van der Waals surface area (Å²) in [6, 6.07) is 12.3. The Morgan fingerprint density at radius 2 is 1.66 bits per heavy atom. The minimum Gasteiger partial charge on any atom is -0.368 e. The number of benzene rings is 2. The zero-order valence-electron chi connectivity index (χ0n) is 18.5. The molecule has 1 aromatic heterocycles. The average Bonchev–Trinajstić information content (AvgIpc) is 3.20. The van der Waals surface area contributed by atoms with E-state index in [0.717, 1.165) is 10.4 Å². The van der Waals surface area contributed by atoms with Crippen molar-refractivity contribution < 1.29 is 22.4 Å². The van der Waals surface area contributed by atoms with E-state index < -0.39 is 24.2 Å². The molecule has 1 N–H and O–H groups in total. The first-order chi connectivity index (χ1) is 16.7. The van der Waals surface area contributed by atoms with Gasteiger partial charge in [-0.25, -0.2) is 9.07 Å². The molecule has 2 aliphatic rings. The summed E-state index contributed by atoms with van der Waals surface area (Å²) in [4.78, 5) is 16.8. The summed E-state index contributed by atoms with van der Waals surface area (Å²) >= 11 is 6.46. The largest absolute Gasteiger partial charge is 0.410 e. The second kappa shape index (κ2) is 9.07. The highest BCUT2D eigenvalue weighted by Gasteiger charge is 2.48. The highest BCUT2D eigenvalue weighted by atomic mass is 35.5. The molecule has 2 atom stereocenters. The summed E-state index contributed by atoms with van der Waals surface area (Å²) in [6.07, 6.45) is -4.84. The third-order valence-electron chi connectivity index (χ3n) is 6.46. The van der Waals surface area contributed by atoms with E-state index in [9.17, 15) is 22.4 Å². The topological polar surface area (TPSA) is 53.4 Å². The van der Waals surface area contributed by atoms with E-state index >= 15 is 0 Å². The number of nitrogens with one attached hydrogen (secondary N) is 1. The first-order valence-corrected chi connectivity index (χ1v) is 11.6. The molecule has 11 heteroatoms. The molecule has 2 aromatic carbocycles. The number of anilines is 2. The van der Waals surface area contributed by atoms with Crippen LogP contribution in [0.4, 0.5) is 29.1 Å². The van der Waals surface area contributed by atoms with Crippen molar-refractivity contribution in [2.24, 2.45) is 0 Å². The molecule has 0 radical (unpaired) electrons. The summed E-state index contributed by atoms with van der Waals surface area (Å²) in [5.41, 5.74) is 1.32. The van der Waals surface area contributed by atoms with Crippen LogP contribution in [-0.2, 0) is 0 Å². The molecule has 1 amide bonds. The van der Waals surface area contributed by atoms with Crippen LogP contribution in [0.15, 0.2) is 54.6 Å². The van der Waals surface area contributed by atoms with E-state index in [-0.39, 0.29) is 28.8 Å². The van der Waals surface area contributed by atoms with Gasteiger partial charge < -0.3 is 15.1 Å². The fourth-order valence-corrected chi connectivity index (χ4v) is 4.86. The molecule has 0 spiro atoms. The highest BCUT2D eigenvalue weighted by Crippen LogP contribution is 2.46. The first kappa shape index (κ1) is 23.5. The molecule has 0 unspecified atom stereocenters. The maximum absolute atomic E-state index is 14.0. The van der Waals surface area contributed by atoms with Gasteiger partial charge in [-0.15, -0.1) is 0 Å². The number of carbonyl (C=O) groups is 1. The molecule has 35 heavy (non-hydrogen) atoms. The van der Waals surface area contributed by atoms with Crippen LogP contribution in [0.3, 0.4) is 0 Å². The molecular formula is C24H22ClF4N5O. The fraction of sp³-hybridized carbons (Fsp3) is 0.333. The molecule has 2 aliphatic heterocycles. The van der Waals surface area contributed by atoms with Crippen LogP contribution in [0, 0.1) is 5.82 Å². The molecule has 1 saturated heterocycles. The van der Waals surface area contributed by atoms with Crippen molar-refractivity contribution in [3.63, 3.8) is 0 Å². The van der Waals surface area contributed by atoms with Gasteiger partial charge in [0.25, 0.3) is 5.91 Å². The molecule has 0 saturated carbocycles. The number of hydrogen-bond acceptors (Lipinski definition) is 4. The minimum atomic E-state index is -4.57. The first-order valence-electron chi connectivity index (χ1n) is 11.2. The second-order valence-corrected chi connectivity index (χ2v) is 8.99. The number of alkyl halides is 3. The average molecular weight is 508 g/mol. The summed E-state index contributed by atoms with van der Waals surface area (Å²) in [5, 5.41) is 6.98. The van der Waals surface area contributed by atoms with Crippen molar-refractivity contribution in [2.75, 3.05) is 36.4 Å². The van der Waals surface area contributed by atoms with Crippen molar-refractivity contribution in [1.29, 1.82) is 0 Å². The van der Waals surface area contributed by atoms with Crippen molar-refractivity contribution in [3.8, 4) is 0 Å². The van der Waals surface area contributed by atoms with Crippen LogP contribution < -0.4 is 10.2 Å². The summed E-state index contributed by atoms with van der Waals surface area (Å²) in [6.45, 7) is 1.64. The Bertz CT molecular complexity index is 1210. The van der Waals surface area contributed by atoms with Gasteiger partial charge in [0, 0.05) is 38.3 Å². The SMILES string of the molecule is O=C(c1nn2c(c1Cl)N[C@@H](c1ccccc1)C[C@@H]2C(F)(F)F)N1CCN(c2ccc(F)cc2)CC1. The van der Waals surface area contributed by atoms with Gasteiger partial charge in [-0.1, -0.05) is 41.9 Å². The molecule has 1 fully saturated rings. The third-order valence-corrected chi connectivity index (χ3v) is 6.82. The van der Waals surface area contributed by atoms with Gasteiger partial charge in [-0.3, -0.25) is 4.79 Å². The Morgan fingerprint density at radius 1 is 1.00 bits per heavy atom. The lowest BCUT2D eigenvalue weighted by Gasteiger charge is -2.35. The number of hydrogen-bond donors (Lipinski definition) is 1. The van der Waals surface area contributed by atoms with Gasteiger partial charge in [-0.2, -0.15) is 18.3 Å². The number of fused-ring (bicyclic) bond motifs is 1. The van der Waals surface area contributed by atoms with Crippen molar-refractivity contribution >= 4 is 29.0 Å². The minimum absolute atomic E-state index is 0.0117. The van der Waals surface area contributed by atoms with E-state index in [1.165, 1.54) is 17.0 Å². The fourth-order valence-electron chi connectivity index (χ4n) is 4.60. The van der Waals surface area contributed by atoms with Crippen molar-refractivity contribution in [3.05, 3.63) is 76.7 Å². The van der Waals surface area contributed by atoms with Crippen molar-refractivity contribution in [1.82, 2.24) is 14.7 Å². The van der Waals surface area contributed by atoms with Crippen molar-refractivity contribution in [2.45, 2.75) is 24.7 Å². The van der Waals surface area contributed by atoms with Crippen LogP contribution >= 0.6 is 11.6 Å². The highest BCUT2D eigenvalue weighted by molar-refractivity contribution is 6.36. The second-order valence-electron chi connectivity index (χ2n) is 8.61. The molecule has 6 nitrogen and oxygen atoms in total. The van der Waals surface area contributed by atoms with Crippen LogP contribution in [-0.4, -0.2) is 52.9 Å². The lowest BCUT2D eigenvalue weighted by molar-refractivity contribution is -0.173. The van der Waals surface area contributed by atoms with E-state index in [4.69, 9.17) is 11.6 Å². The van der Waals surface area contributed by atoms with Gasteiger partial charge >= 0.3 is 6.18 Å². The molecule has 3 aromatic rings. The summed E-state index contributed by atoms with van der Waals surface area (Å²) in [7, 11) is 0. The predicted molar refractivity (Wildman–Crippen MR) is 124 cm³/mol. The maximum Gasteiger partial charge on any atom is 0.410 e. The Labute approximate surface area is 204 Å². The Kier molecular flexibility index (Phi) is 6.08. The van der Waals surface area contributed by atoms with E-state index in [1.807, 2.05) is 4.90 Å². The summed E-state index contributed by atoms with van der Waals surface area (Å²) < 4.78 is 55.9. The standard InChI is InChI=1S/C24H22ClF4N5O/c25-20-21(23(35)33-12-10-32(11-13-33)17-8-6-16(26)7-9-17)31-34-19(24(27,28)29)14-18(30-22(20)34)15-4-2-1-3-5-15/h1-9,18-19,30H,10-14H2/t18-,19-/m1/s1. The monoisotopic (exact) mass is 507 g/mol. The number of halogens is 5. The van der Waals surface area contributed by atoms with Crippen LogP contribution in [0.5, 0.6) is 0 Å². The van der Waals surface area contributed by atoms with Crippen LogP contribution in [0.25, 0.3) is 0 Å². The number of carbonyl (C=O) groups excluding carboxylic acids is 1. The number of aromatic nitrogens is 2. The normalized spacial score (nSPS) is 20.4. The number of rotatable bonds is 3. The third kappa shape index (κ3) is 4.54. The smallest absolute Gasteiger partial charge is 0.368 e. The molecular weight excluding hydrogens is 486 g/mol. The molecule has 0 bridgehead atoms. The molecule has 3 heterocycles. The molecule has 5 rings (SSSR count). The quantitative estimate of drug-likeness (QED) is 0.489. The predicted octanol–water partition coefficient (Wildman–Crippen LogP) is 5.30. The number of nitrogens with zero attached hydrogens (tertiary/aromatic N) is 4. The lowest BCUT2D eigenvalue weighted by atomic mass is 9.97. The van der Waals surface area contributed by atoms with E-state index in [0.29, 0.717) is 31.7 Å². The van der Waals surface area contributed by atoms with Gasteiger partial charge in [-0.05, 0) is 29.8 Å². The Morgan fingerprint density at radius 3 is 2.29 bits per heavy atom. The Balaban J connectivity index is 1.38. The number of piperazine rings is 1. The van der Waals surface area contributed by atoms with Crippen LogP contribution in [0.1, 0.15) is 34.6 Å². The Hall–Kier alpha value is -3.27. The van der Waals surface area contributed by atoms with E-state index in [2.05, 4.69) is 10.4 Å². The van der Waals surface area contributed by atoms with Gasteiger partial charge in [0.05, 0.1) is 6.04 Å². The lowest BCUT2D eigenvalue weighted by Crippen LogP contribution is -2.49. The van der Waals surface area contributed by atoms with E-state index in [1.54, 1.807) is 42.5 Å². The maximum atomic E-state index is 14.0. The zero-order chi connectivity index (χ0) is 24.7. The summed E-state index contributed by atoms with van der Waals surface area (Å²) in [5.74, 6) is -0.863. The molecule has 184 valence electrons. The van der Waals surface area contributed by atoms with Gasteiger partial charge in [0.1, 0.15) is 16.7 Å². The zero-order valence-corrected chi connectivity index (χ0v) is 19.2. The van der Waals surface area contributed by atoms with Crippen LogP contribution in [0.2, 0.25) is 5.02 Å². The van der Waals surface area contributed by atoms with Gasteiger partial charge in [0.15, 0.2) is 11.7 Å². The molecule has 0 aliphatic carbocycles. The number of amides is 1.